The van der Waals surface area contributed by atoms with Crippen LogP contribution in [0.3, 0.4) is 0 Å². The molecule has 94 valence electrons. The normalized spacial score (nSPS) is 12.2. The summed E-state index contributed by atoms with van der Waals surface area (Å²) >= 11 is 0. The summed E-state index contributed by atoms with van der Waals surface area (Å²) in [6, 6.07) is 1.41. The number of nitrogen functional groups attached to an aromatic ring is 1. The molecular weight excluding hydrogens is 218 g/mol. The first-order valence-corrected chi connectivity index (χ1v) is 5.66. The highest BCUT2D eigenvalue weighted by Gasteiger charge is 2.15. The topological polar surface area (TPSA) is 79.5 Å². The lowest BCUT2D eigenvalue weighted by Crippen LogP contribution is -2.26. The highest BCUT2D eigenvalue weighted by atomic mass is 16.4. The standard InChI is InChI=1S/C12H19N3O2/c1-4-8(2)7-15(3)11-10(13)9(12(16)17)5-6-14-11/h5-6,8H,4,7,13H2,1-3H3,(H,16,17). The van der Waals surface area contributed by atoms with E-state index in [9.17, 15) is 4.79 Å². The van der Waals surface area contributed by atoms with Crippen LogP contribution in [0.15, 0.2) is 12.3 Å². The van der Waals surface area contributed by atoms with Crippen molar-refractivity contribution < 1.29 is 9.90 Å². The molecule has 0 saturated carbocycles. The van der Waals surface area contributed by atoms with Crippen LogP contribution in [-0.2, 0) is 0 Å². The van der Waals surface area contributed by atoms with Crippen LogP contribution in [0.5, 0.6) is 0 Å². The number of carboxylic acids is 1. The van der Waals surface area contributed by atoms with Crippen molar-refractivity contribution in [2.75, 3.05) is 24.2 Å². The maximum Gasteiger partial charge on any atom is 0.337 e. The minimum Gasteiger partial charge on any atom is -0.478 e. The minimum atomic E-state index is -1.02. The van der Waals surface area contributed by atoms with Crippen molar-refractivity contribution in [3.05, 3.63) is 17.8 Å². The molecule has 0 aliphatic carbocycles. The van der Waals surface area contributed by atoms with E-state index in [0.717, 1.165) is 13.0 Å². The molecule has 3 N–H and O–H groups in total. The molecular formula is C12H19N3O2. The Morgan fingerprint density at radius 1 is 1.65 bits per heavy atom. The number of hydrogen-bond donors (Lipinski definition) is 2. The zero-order valence-corrected chi connectivity index (χ0v) is 10.5. The molecule has 0 bridgehead atoms. The average Bonchev–Trinajstić information content (AvgIpc) is 2.28. The van der Waals surface area contributed by atoms with E-state index in [2.05, 4.69) is 18.8 Å². The largest absolute Gasteiger partial charge is 0.478 e. The van der Waals surface area contributed by atoms with E-state index in [1.165, 1.54) is 12.3 Å². The maximum atomic E-state index is 10.9. The zero-order chi connectivity index (χ0) is 13.0. The highest BCUT2D eigenvalue weighted by molar-refractivity contribution is 5.96. The molecule has 0 amide bonds. The minimum absolute atomic E-state index is 0.103. The van der Waals surface area contributed by atoms with Crippen LogP contribution in [0.4, 0.5) is 11.5 Å². The summed E-state index contributed by atoms with van der Waals surface area (Å²) in [5.74, 6) is 0.0166. The third-order valence-corrected chi connectivity index (χ3v) is 2.84. The zero-order valence-electron chi connectivity index (χ0n) is 10.5. The Morgan fingerprint density at radius 2 is 2.29 bits per heavy atom. The summed E-state index contributed by atoms with van der Waals surface area (Å²) < 4.78 is 0. The predicted octanol–water partition coefficient (Wildman–Crippen LogP) is 1.84. The number of hydrogen-bond acceptors (Lipinski definition) is 4. The number of nitrogens with zero attached hydrogens (tertiary/aromatic N) is 2. The van der Waals surface area contributed by atoms with Crippen LogP contribution < -0.4 is 10.6 Å². The van der Waals surface area contributed by atoms with Crippen molar-refractivity contribution in [2.45, 2.75) is 20.3 Å². The van der Waals surface area contributed by atoms with Crippen molar-refractivity contribution in [1.82, 2.24) is 4.98 Å². The molecule has 0 aromatic carbocycles. The van der Waals surface area contributed by atoms with Crippen LogP contribution in [0, 0.1) is 5.92 Å². The fourth-order valence-electron chi connectivity index (χ4n) is 1.64. The van der Waals surface area contributed by atoms with Gasteiger partial charge in [-0.05, 0) is 12.0 Å². The molecule has 0 radical (unpaired) electrons. The van der Waals surface area contributed by atoms with Gasteiger partial charge in [-0.1, -0.05) is 20.3 Å². The number of nitrogens with two attached hydrogens (primary N) is 1. The third-order valence-electron chi connectivity index (χ3n) is 2.84. The number of aromatic carboxylic acids is 1. The summed E-state index contributed by atoms with van der Waals surface area (Å²) in [6.45, 7) is 5.05. The molecule has 17 heavy (non-hydrogen) atoms. The number of rotatable bonds is 5. The molecule has 0 aliphatic rings. The molecule has 0 saturated heterocycles. The lowest BCUT2D eigenvalue weighted by atomic mass is 10.1. The van der Waals surface area contributed by atoms with E-state index in [4.69, 9.17) is 10.8 Å². The van der Waals surface area contributed by atoms with Crippen molar-refractivity contribution in [3.8, 4) is 0 Å². The summed E-state index contributed by atoms with van der Waals surface area (Å²) in [7, 11) is 1.87. The van der Waals surface area contributed by atoms with Crippen LogP contribution in [0.25, 0.3) is 0 Å². The first-order valence-electron chi connectivity index (χ1n) is 5.66. The smallest absolute Gasteiger partial charge is 0.337 e. The first-order chi connectivity index (χ1) is 7.97. The number of aromatic nitrogens is 1. The Bertz CT molecular complexity index is 407. The lowest BCUT2D eigenvalue weighted by Gasteiger charge is -2.23. The average molecular weight is 237 g/mol. The SMILES string of the molecule is CCC(C)CN(C)c1nccc(C(=O)O)c1N. The Morgan fingerprint density at radius 3 is 2.82 bits per heavy atom. The van der Waals surface area contributed by atoms with Crippen LogP contribution >= 0.6 is 0 Å². The summed E-state index contributed by atoms with van der Waals surface area (Å²) in [5, 5.41) is 8.97. The molecule has 1 unspecified atom stereocenters. The molecule has 1 rings (SSSR count). The van der Waals surface area contributed by atoms with Gasteiger partial charge in [-0.25, -0.2) is 9.78 Å². The number of pyridine rings is 1. The summed E-state index contributed by atoms with van der Waals surface area (Å²) in [4.78, 5) is 17.0. The van der Waals surface area contributed by atoms with Crippen LogP contribution in [0.1, 0.15) is 30.6 Å². The van der Waals surface area contributed by atoms with Crippen LogP contribution in [-0.4, -0.2) is 29.7 Å². The number of carboxylic acid groups (broad SMARTS) is 1. The van der Waals surface area contributed by atoms with Crippen molar-refractivity contribution in [2.24, 2.45) is 5.92 Å². The second kappa shape index (κ2) is 5.52. The quantitative estimate of drug-likeness (QED) is 0.817. The Hall–Kier alpha value is -1.78. The second-order valence-electron chi connectivity index (χ2n) is 4.29. The van der Waals surface area contributed by atoms with Gasteiger partial charge in [0, 0.05) is 19.8 Å². The van der Waals surface area contributed by atoms with Gasteiger partial charge in [0.2, 0.25) is 0 Å². The van der Waals surface area contributed by atoms with Gasteiger partial charge in [0.25, 0.3) is 0 Å². The highest BCUT2D eigenvalue weighted by Crippen LogP contribution is 2.23. The molecule has 1 aromatic heterocycles. The Kier molecular flexibility index (Phi) is 4.31. The Labute approximate surface area is 101 Å². The number of anilines is 2. The monoisotopic (exact) mass is 237 g/mol. The van der Waals surface area contributed by atoms with Crippen molar-refractivity contribution in [1.29, 1.82) is 0 Å². The van der Waals surface area contributed by atoms with Gasteiger partial charge in [0.05, 0.1) is 11.3 Å². The van der Waals surface area contributed by atoms with E-state index in [0.29, 0.717) is 11.7 Å². The van der Waals surface area contributed by atoms with Gasteiger partial charge >= 0.3 is 5.97 Å². The van der Waals surface area contributed by atoms with Crippen molar-refractivity contribution >= 4 is 17.5 Å². The fraction of sp³-hybridized carbons (Fsp3) is 0.500. The van der Waals surface area contributed by atoms with Gasteiger partial charge in [0.15, 0.2) is 5.82 Å². The summed E-state index contributed by atoms with van der Waals surface area (Å²) in [5.41, 5.74) is 6.15. The van der Waals surface area contributed by atoms with E-state index < -0.39 is 5.97 Å². The summed E-state index contributed by atoms with van der Waals surface area (Å²) in [6.07, 6.45) is 2.53. The van der Waals surface area contributed by atoms with E-state index in [1.54, 1.807) is 0 Å². The van der Waals surface area contributed by atoms with Gasteiger partial charge in [-0.15, -0.1) is 0 Å². The van der Waals surface area contributed by atoms with Crippen LogP contribution in [0.2, 0.25) is 0 Å². The number of carbonyl (C=O) groups is 1. The van der Waals surface area contributed by atoms with Gasteiger partial charge in [-0.3, -0.25) is 0 Å². The fourth-order valence-corrected chi connectivity index (χ4v) is 1.64. The molecule has 0 spiro atoms. The molecule has 0 fully saturated rings. The molecule has 5 heteroatoms. The second-order valence-corrected chi connectivity index (χ2v) is 4.29. The van der Waals surface area contributed by atoms with E-state index >= 15 is 0 Å². The van der Waals surface area contributed by atoms with E-state index in [-0.39, 0.29) is 11.3 Å². The lowest BCUT2D eigenvalue weighted by molar-refractivity contribution is 0.0698. The van der Waals surface area contributed by atoms with Gasteiger partial charge in [-0.2, -0.15) is 0 Å². The van der Waals surface area contributed by atoms with Gasteiger partial charge in [0.1, 0.15) is 0 Å². The predicted molar refractivity (Wildman–Crippen MR) is 68.3 cm³/mol. The molecule has 1 atom stereocenters. The Balaban J connectivity index is 2.98. The molecule has 5 nitrogen and oxygen atoms in total. The first kappa shape index (κ1) is 13.3. The maximum absolute atomic E-state index is 10.9. The third kappa shape index (κ3) is 3.09. The molecule has 1 heterocycles. The van der Waals surface area contributed by atoms with Crippen molar-refractivity contribution in [3.63, 3.8) is 0 Å². The molecule has 1 aromatic rings. The van der Waals surface area contributed by atoms with Gasteiger partial charge < -0.3 is 15.7 Å². The van der Waals surface area contributed by atoms with E-state index in [1.807, 2.05) is 11.9 Å². The molecule has 0 aliphatic heterocycles.